The summed E-state index contributed by atoms with van der Waals surface area (Å²) >= 11 is 1.66. The van der Waals surface area contributed by atoms with Crippen LogP contribution in [0.15, 0.2) is 41.1 Å². The number of hydrogen-bond donors (Lipinski definition) is 2. The SMILES string of the molecule is O=C(NCCc1ccsc1)NC[C@@H]1COc2ccccc2O1. The number of ether oxygens (including phenoxy) is 2. The molecule has 6 heteroatoms. The van der Waals surface area contributed by atoms with Crippen LogP contribution in [0.5, 0.6) is 11.5 Å². The number of rotatable bonds is 5. The topological polar surface area (TPSA) is 59.6 Å². The highest BCUT2D eigenvalue weighted by molar-refractivity contribution is 7.07. The summed E-state index contributed by atoms with van der Waals surface area (Å²) in [5, 5.41) is 9.77. The molecule has 0 saturated carbocycles. The number of nitrogens with one attached hydrogen (secondary N) is 2. The molecule has 1 aliphatic heterocycles. The molecule has 2 aromatic rings. The van der Waals surface area contributed by atoms with E-state index in [1.54, 1.807) is 11.3 Å². The Balaban J connectivity index is 1.37. The number of para-hydroxylation sites is 2. The molecule has 22 heavy (non-hydrogen) atoms. The maximum absolute atomic E-state index is 11.7. The minimum absolute atomic E-state index is 0.169. The van der Waals surface area contributed by atoms with Gasteiger partial charge >= 0.3 is 6.03 Å². The Morgan fingerprint density at radius 2 is 2.09 bits per heavy atom. The lowest BCUT2D eigenvalue weighted by molar-refractivity contribution is 0.0918. The molecule has 0 radical (unpaired) electrons. The third-order valence-corrected chi connectivity index (χ3v) is 4.07. The summed E-state index contributed by atoms with van der Waals surface area (Å²) in [6, 6.07) is 9.42. The molecule has 3 rings (SSSR count). The lowest BCUT2D eigenvalue weighted by Crippen LogP contribution is -2.44. The first kappa shape index (κ1) is 14.7. The summed E-state index contributed by atoms with van der Waals surface area (Å²) in [6.07, 6.45) is 0.672. The molecule has 0 unspecified atom stereocenters. The number of amides is 2. The van der Waals surface area contributed by atoms with Crippen molar-refractivity contribution in [2.45, 2.75) is 12.5 Å². The number of carbonyl (C=O) groups excluding carboxylic acids is 1. The van der Waals surface area contributed by atoms with E-state index in [4.69, 9.17) is 9.47 Å². The van der Waals surface area contributed by atoms with Gasteiger partial charge in [-0.1, -0.05) is 12.1 Å². The van der Waals surface area contributed by atoms with Gasteiger partial charge in [-0.2, -0.15) is 11.3 Å². The largest absolute Gasteiger partial charge is 0.486 e. The average molecular weight is 318 g/mol. The van der Waals surface area contributed by atoms with Crippen molar-refractivity contribution in [3.63, 3.8) is 0 Å². The van der Waals surface area contributed by atoms with Gasteiger partial charge in [0.1, 0.15) is 6.61 Å². The molecular weight excluding hydrogens is 300 g/mol. The Morgan fingerprint density at radius 3 is 2.91 bits per heavy atom. The first-order chi connectivity index (χ1) is 10.8. The van der Waals surface area contributed by atoms with E-state index in [1.165, 1.54) is 5.56 Å². The summed E-state index contributed by atoms with van der Waals surface area (Å²) in [7, 11) is 0. The third kappa shape index (κ3) is 3.92. The van der Waals surface area contributed by atoms with Crippen molar-refractivity contribution in [3.05, 3.63) is 46.7 Å². The molecule has 0 bridgehead atoms. The van der Waals surface area contributed by atoms with Crippen LogP contribution in [-0.2, 0) is 6.42 Å². The quantitative estimate of drug-likeness (QED) is 0.890. The van der Waals surface area contributed by atoms with Crippen molar-refractivity contribution in [1.82, 2.24) is 10.6 Å². The van der Waals surface area contributed by atoms with Crippen LogP contribution in [0.1, 0.15) is 5.56 Å². The second-order valence-corrected chi connectivity index (χ2v) is 5.80. The molecular formula is C16H18N2O3S. The van der Waals surface area contributed by atoms with Crippen molar-refractivity contribution < 1.29 is 14.3 Å². The summed E-state index contributed by atoms with van der Waals surface area (Å²) < 4.78 is 11.4. The zero-order chi connectivity index (χ0) is 15.2. The fourth-order valence-electron chi connectivity index (χ4n) is 2.19. The van der Waals surface area contributed by atoms with Crippen molar-refractivity contribution in [3.8, 4) is 11.5 Å². The van der Waals surface area contributed by atoms with Gasteiger partial charge in [0.05, 0.1) is 6.54 Å². The lowest BCUT2D eigenvalue weighted by atomic mass is 10.2. The minimum Gasteiger partial charge on any atom is -0.486 e. The van der Waals surface area contributed by atoms with E-state index in [0.717, 1.165) is 17.9 Å². The second-order valence-electron chi connectivity index (χ2n) is 5.02. The van der Waals surface area contributed by atoms with Crippen LogP contribution < -0.4 is 20.1 Å². The van der Waals surface area contributed by atoms with Gasteiger partial charge in [-0.15, -0.1) is 0 Å². The van der Waals surface area contributed by atoms with Crippen molar-refractivity contribution in [1.29, 1.82) is 0 Å². The van der Waals surface area contributed by atoms with Crippen LogP contribution in [0.2, 0.25) is 0 Å². The van der Waals surface area contributed by atoms with Gasteiger partial charge in [-0.25, -0.2) is 4.79 Å². The number of carbonyl (C=O) groups is 1. The predicted octanol–water partition coefficient (Wildman–Crippen LogP) is 2.43. The smallest absolute Gasteiger partial charge is 0.314 e. The summed E-state index contributed by atoms with van der Waals surface area (Å²) in [5.74, 6) is 1.47. The van der Waals surface area contributed by atoms with E-state index in [-0.39, 0.29) is 12.1 Å². The van der Waals surface area contributed by atoms with E-state index in [0.29, 0.717) is 19.7 Å². The van der Waals surface area contributed by atoms with Crippen LogP contribution in [0.3, 0.4) is 0 Å². The molecule has 2 N–H and O–H groups in total. The fourth-order valence-corrected chi connectivity index (χ4v) is 2.89. The second kappa shape index (κ2) is 7.17. The Labute approximate surface area is 133 Å². The van der Waals surface area contributed by atoms with Gasteiger partial charge in [0.15, 0.2) is 17.6 Å². The normalized spacial score (nSPS) is 16.1. The van der Waals surface area contributed by atoms with E-state index in [9.17, 15) is 4.79 Å². The summed E-state index contributed by atoms with van der Waals surface area (Å²) in [6.45, 7) is 1.47. The standard InChI is InChI=1S/C16H18N2O3S/c19-16(17-7-5-12-6-8-22-11-12)18-9-13-10-20-14-3-1-2-4-15(14)21-13/h1-4,6,8,11,13H,5,7,9-10H2,(H2,17,18,19)/t13-/m1/s1. The van der Waals surface area contributed by atoms with Crippen LogP contribution in [0.4, 0.5) is 4.79 Å². The molecule has 2 amide bonds. The maximum Gasteiger partial charge on any atom is 0.314 e. The zero-order valence-electron chi connectivity index (χ0n) is 12.1. The summed E-state index contributed by atoms with van der Waals surface area (Å²) in [5.41, 5.74) is 1.24. The maximum atomic E-state index is 11.7. The molecule has 1 aliphatic rings. The van der Waals surface area contributed by atoms with E-state index in [2.05, 4.69) is 22.1 Å². The average Bonchev–Trinajstić information content (AvgIpc) is 3.06. The number of benzene rings is 1. The van der Waals surface area contributed by atoms with Crippen LogP contribution in [-0.4, -0.2) is 31.8 Å². The van der Waals surface area contributed by atoms with Gasteiger partial charge in [-0.3, -0.25) is 0 Å². The van der Waals surface area contributed by atoms with Gasteiger partial charge in [0.25, 0.3) is 0 Å². The molecule has 2 heterocycles. The Bertz CT molecular complexity index is 616. The monoisotopic (exact) mass is 318 g/mol. The van der Waals surface area contributed by atoms with Gasteiger partial charge in [-0.05, 0) is 40.9 Å². The van der Waals surface area contributed by atoms with Crippen LogP contribution >= 0.6 is 11.3 Å². The molecule has 5 nitrogen and oxygen atoms in total. The van der Waals surface area contributed by atoms with Crippen molar-refractivity contribution in [2.24, 2.45) is 0 Å². The zero-order valence-corrected chi connectivity index (χ0v) is 12.9. The molecule has 1 aromatic heterocycles. The number of fused-ring (bicyclic) bond motifs is 1. The third-order valence-electron chi connectivity index (χ3n) is 3.34. The highest BCUT2D eigenvalue weighted by atomic mass is 32.1. The number of thiophene rings is 1. The Kier molecular flexibility index (Phi) is 4.80. The molecule has 116 valence electrons. The predicted molar refractivity (Wildman–Crippen MR) is 85.8 cm³/mol. The number of hydrogen-bond acceptors (Lipinski definition) is 4. The van der Waals surface area contributed by atoms with E-state index < -0.39 is 0 Å². The van der Waals surface area contributed by atoms with Gasteiger partial charge < -0.3 is 20.1 Å². The summed E-state index contributed by atoms with van der Waals surface area (Å²) in [4.78, 5) is 11.7. The molecule has 0 spiro atoms. The van der Waals surface area contributed by atoms with Gasteiger partial charge in [0.2, 0.25) is 0 Å². The molecule has 1 atom stereocenters. The first-order valence-corrected chi connectivity index (χ1v) is 8.17. The molecule has 0 aliphatic carbocycles. The van der Waals surface area contributed by atoms with Crippen LogP contribution in [0.25, 0.3) is 0 Å². The van der Waals surface area contributed by atoms with E-state index in [1.807, 2.05) is 29.6 Å². The highest BCUT2D eigenvalue weighted by Crippen LogP contribution is 2.30. The number of urea groups is 1. The van der Waals surface area contributed by atoms with Crippen LogP contribution in [0, 0.1) is 0 Å². The Morgan fingerprint density at radius 1 is 1.23 bits per heavy atom. The van der Waals surface area contributed by atoms with Crippen molar-refractivity contribution in [2.75, 3.05) is 19.7 Å². The fraction of sp³-hybridized carbons (Fsp3) is 0.312. The lowest BCUT2D eigenvalue weighted by Gasteiger charge is -2.26. The molecule has 0 fully saturated rings. The highest BCUT2D eigenvalue weighted by Gasteiger charge is 2.20. The molecule has 0 saturated heterocycles. The Hall–Kier alpha value is -2.21. The van der Waals surface area contributed by atoms with Gasteiger partial charge in [0, 0.05) is 6.54 Å². The van der Waals surface area contributed by atoms with Crippen molar-refractivity contribution >= 4 is 17.4 Å². The first-order valence-electron chi connectivity index (χ1n) is 7.22. The van der Waals surface area contributed by atoms with E-state index >= 15 is 0 Å². The molecule has 1 aromatic carbocycles. The minimum atomic E-state index is -0.183.